The van der Waals surface area contributed by atoms with Crippen molar-refractivity contribution in [3.8, 4) is 11.1 Å². The van der Waals surface area contributed by atoms with E-state index in [4.69, 9.17) is 0 Å². The van der Waals surface area contributed by atoms with Crippen LogP contribution >= 0.6 is 0 Å². The molecule has 4 rings (SSSR count). The van der Waals surface area contributed by atoms with E-state index in [1.807, 2.05) is 73.7 Å². The van der Waals surface area contributed by atoms with Gasteiger partial charge in [-0.05, 0) is 47.7 Å². The zero-order valence-electron chi connectivity index (χ0n) is 15.8. The number of para-hydroxylation sites is 1. The van der Waals surface area contributed by atoms with Crippen LogP contribution in [0.25, 0.3) is 11.1 Å². The number of hydrogen-bond acceptors (Lipinski definition) is 2. The van der Waals surface area contributed by atoms with E-state index in [-0.39, 0.29) is 18.4 Å². The van der Waals surface area contributed by atoms with Crippen LogP contribution in [0.4, 0.5) is 5.69 Å². The molecule has 4 nitrogen and oxygen atoms in total. The number of amides is 2. The van der Waals surface area contributed by atoms with Crippen molar-refractivity contribution < 1.29 is 9.59 Å². The Morgan fingerprint density at radius 1 is 0.893 bits per heavy atom. The normalized spacial score (nSPS) is 12.5. The molecule has 0 unspecified atom stereocenters. The fourth-order valence-electron chi connectivity index (χ4n) is 3.73. The summed E-state index contributed by atoms with van der Waals surface area (Å²) >= 11 is 0. The van der Waals surface area contributed by atoms with E-state index < -0.39 is 0 Å². The third-order valence-electron chi connectivity index (χ3n) is 5.20. The van der Waals surface area contributed by atoms with Crippen molar-refractivity contribution in [3.05, 3.63) is 89.5 Å². The zero-order chi connectivity index (χ0) is 19.5. The van der Waals surface area contributed by atoms with Gasteiger partial charge in [-0.2, -0.15) is 0 Å². The highest BCUT2D eigenvalue weighted by atomic mass is 16.2. The molecule has 1 N–H and O–H groups in total. The zero-order valence-corrected chi connectivity index (χ0v) is 15.8. The topological polar surface area (TPSA) is 49.4 Å². The molecule has 2 amide bonds. The van der Waals surface area contributed by atoms with Crippen LogP contribution in [0.2, 0.25) is 0 Å². The number of rotatable bonds is 4. The molecule has 0 aromatic heterocycles. The minimum atomic E-state index is -0.236. The summed E-state index contributed by atoms with van der Waals surface area (Å²) in [7, 11) is 0. The number of hydrogen-bond donors (Lipinski definition) is 1. The van der Waals surface area contributed by atoms with Crippen LogP contribution in [0.3, 0.4) is 0 Å². The molecule has 0 saturated heterocycles. The molecule has 0 bridgehead atoms. The fraction of sp³-hybridized carbons (Fsp3) is 0.167. The molecule has 4 heteroatoms. The summed E-state index contributed by atoms with van der Waals surface area (Å²) in [6.07, 6.45) is 0.853. The second-order valence-corrected chi connectivity index (χ2v) is 6.97. The summed E-state index contributed by atoms with van der Waals surface area (Å²) in [5, 5.41) is 2.81. The van der Waals surface area contributed by atoms with Gasteiger partial charge >= 0.3 is 0 Å². The molecule has 0 spiro atoms. The number of carbonyl (C=O) groups is 2. The average Bonchev–Trinajstić information content (AvgIpc) is 3.16. The Bertz CT molecular complexity index is 1040. The maximum absolute atomic E-state index is 12.8. The second kappa shape index (κ2) is 7.69. The van der Waals surface area contributed by atoms with Crippen LogP contribution in [-0.4, -0.2) is 24.9 Å². The van der Waals surface area contributed by atoms with Crippen molar-refractivity contribution in [2.45, 2.75) is 13.3 Å². The maximum atomic E-state index is 12.8. The minimum absolute atomic E-state index is 0.0186. The molecule has 28 heavy (non-hydrogen) atoms. The SMILES string of the molecule is Cc1ccccc1-c1ccccc1C(=O)NCC(=O)N1CCc2ccccc21. The van der Waals surface area contributed by atoms with Crippen LogP contribution in [0.1, 0.15) is 21.5 Å². The van der Waals surface area contributed by atoms with E-state index in [0.29, 0.717) is 12.1 Å². The lowest BCUT2D eigenvalue weighted by atomic mass is 9.96. The first-order valence-corrected chi connectivity index (χ1v) is 9.46. The van der Waals surface area contributed by atoms with E-state index in [1.165, 1.54) is 5.56 Å². The Hall–Kier alpha value is -3.40. The summed E-state index contributed by atoms with van der Waals surface area (Å²) in [4.78, 5) is 27.3. The number of nitrogens with one attached hydrogen (secondary N) is 1. The molecule has 0 fully saturated rings. The van der Waals surface area contributed by atoms with Gasteiger partial charge in [0, 0.05) is 17.8 Å². The van der Waals surface area contributed by atoms with Gasteiger partial charge in [0.05, 0.1) is 6.54 Å². The van der Waals surface area contributed by atoms with Crippen LogP contribution in [0.15, 0.2) is 72.8 Å². The largest absolute Gasteiger partial charge is 0.343 e. The maximum Gasteiger partial charge on any atom is 0.252 e. The van der Waals surface area contributed by atoms with Gasteiger partial charge in [-0.25, -0.2) is 0 Å². The number of fused-ring (bicyclic) bond motifs is 1. The molecule has 3 aromatic carbocycles. The fourth-order valence-corrected chi connectivity index (χ4v) is 3.73. The van der Waals surface area contributed by atoms with Gasteiger partial charge in [0.2, 0.25) is 5.91 Å². The molecule has 0 radical (unpaired) electrons. The van der Waals surface area contributed by atoms with Gasteiger partial charge in [0.25, 0.3) is 5.91 Å². The lowest BCUT2D eigenvalue weighted by Gasteiger charge is -2.18. The summed E-state index contributed by atoms with van der Waals surface area (Å²) < 4.78 is 0. The first-order valence-electron chi connectivity index (χ1n) is 9.46. The molecular weight excluding hydrogens is 348 g/mol. The summed E-state index contributed by atoms with van der Waals surface area (Å²) in [5.74, 6) is -0.327. The van der Waals surface area contributed by atoms with Crippen molar-refractivity contribution in [3.63, 3.8) is 0 Å². The predicted molar refractivity (Wildman–Crippen MR) is 111 cm³/mol. The highest BCUT2D eigenvalue weighted by molar-refractivity contribution is 6.04. The van der Waals surface area contributed by atoms with Gasteiger partial charge in [0.15, 0.2) is 0 Å². The summed E-state index contributed by atoms with van der Waals surface area (Å²) in [6.45, 7) is 2.67. The van der Waals surface area contributed by atoms with Crippen LogP contribution in [-0.2, 0) is 11.2 Å². The van der Waals surface area contributed by atoms with Crippen molar-refractivity contribution in [2.75, 3.05) is 18.0 Å². The Balaban J connectivity index is 1.50. The lowest BCUT2D eigenvalue weighted by Crippen LogP contribution is -2.39. The Morgan fingerprint density at radius 2 is 1.57 bits per heavy atom. The quantitative estimate of drug-likeness (QED) is 0.755. The third-order valence-corrected chi connectivity index (χ3v) is 5.20. The van der Waals surface area contributed by atoms with E-state index in [0.717, 1.165) is 28.8 Å². The summed E-state index contributed by atoms with van der Waals surface area (Å²) in [6, 6.07) is 23.4. The van der Waals surface area contributed by atoms with E-state index >= 15 is 0 Å². The van der Waals surface area contributed by atoms with Crippen molar-refractivity contribution in [1.82, 2.24) is 5.32 Å². The van der Waals surface area contributed by atoms with E-state index in [9.17, 15) is 9.59 Å². The smallest absolute Gasteiger partial charge is 0.252 e. The van der Waals surface area contributed by atoms with E-state index in [2.05, 4.69) is 5.32 Å². The number of aryl methyl sites for hydroxylation is 1. The number of benzene rings is 3. The Morgan fingerprint density at radius 3 is 2.39 bits per heavy atom. The van der Waals surface area contributed by atoms with Crippen molar-refractivity contribution in [1.29, 1.82) is 0 Å². The molecular formula is C24H22N2O2. The summed E-state index contributed by atoms with van der Waals surface area (Å²) in [5.41, 5.74) is 5.69. The first kappa shape index (κ1) is 18.0. The predicted octanol–water partition coefficient (Wildman–Crippen LogP) is 3.98. The third kappa shape index (κ3) is 3.41. The number of anilines is 1. The molecule has 0 aliphatic carbocycles. The van der Waals surface area contributed by atoms with Crippen molar-refractivity contribution >= 4 is 17.5 Å². The van der Waals surface area contributed by atoms with Crippen LogP contribution in [0.5, 0.6) is 0 Å². The van der Waals surface area contributed by atoms with Gasteiger partial charge < -0.3 is 10.2 Å². The highest BCUT2D eigenvalue weighted by Crippen LogP contribution is 2.28. The van der Waals surface area contributed by atoms with E-state index in [1.54, 1.807) is 11.0 Å². The lowest BCUT2D eigenvalue weighted by molar-refractivity contribution is -0.117. The minimum Gasteiger partial charge on any atom is -0.343 e. The molecule has 3 aromatic rings. The van der Waals surface area contributed by atoms with Crippen LogP contribution < -0.4 is 10.2 Å². The van der Waals surface area contributed by atoms with Crippen molar-refractivity contribution in [2.24, 2.45) is 0 Å². The number of carbonyl (C=O) groups excluding carboxylic acids is 2. The average molecular weight is 370 g/mol. The molecule has 0 saturated carbocycles. The van der Waals surface area contributed by atoms with Crippen LogP contribution in [0, 0.1) is 6.92 Å². The van der Waals surface area contributed by atoms with Gasteiger partial charge in [-0.1, -0.05) is 60.7 Å². The molecule has 140 valence electrons. The molecule has 1 aliphatic heterocycles. The van der Waals surface area contributed by atoms with Gasteiger partial charge in [-0.3, -0.25) is 9.59 Å². The standard InChI is InChI=1S/C24H22N2O2/c1-17-8-2-4-10-19(17)20-11-5-6-12-21(20)24(28)25-16-23(27)26-15-14-18-9-3-7-13-22(18)26/h2-13H,14-16H2,1H3,(H,25,28). The first-order chi connectivity index (χ1) is 13.6. The second-order valence-electron chi connectivity index (χ2n) is 6.97. The van der Waals surface area contributed by atoms with Gasteiger partial charge in [0.1, 0.15) is 0 Å². The molecule has 1 aliphatic rings. The monoisotopic (exact) mass is 370 g/mol. The Kier molecular flexibility index (Phi) is 4.94. The Labute approximate surface area is 164 Å². The highest BCUT2D eigenvalue weighted by Gasteiger charge is 2.24. The van der Waals surface area contributed by atoms with Gasteiger partial charge in [-0.15, -0.1) is 0 Å². The number of nitrogens with zero attached hydrogens (tertiary/aromatic N) is 1. The molecule has 0 atom stereocenters. The molecule has 1 heterocycles.